The van der Waals surface area contributed by atoms with E-state index in [2.05, 4.69) is 32.3 Å². The molecule has 1 saturated heterocycles. The van der Waals surface area contributed by atoms with Crippen molar-refractivity contribution in [1.82, 2.24) is 30.0 Å². The molecule has 0 spiro atoms. The lowest BCUT2D eigenvalue weighted by atomic mass is 9.98. The van der Waals surface area contributed by atoms with Gasteiger partial charge in [-0.25, -0.2) is 9.97 Å². The van der Waals surface area contributed by atoms with Crippen molar-refractivity contribution in [1.29, 1.82) is 0 Å². The zero-order valence-corrected chi connectivity index (χ0v) is 14.9. The lowest BCUT2D eigenvalue weighted by molar-refractivity contribution is 0.0795. The Morgan fingerprint density at radius 1 is 1.42 bits per heavy atom. The van der Waals surface area contributed by atoms with E-state index in [0.717, 1.165) is 24.5 Å². The number of ether oxygens (including phenoxy) is 1. The van der Waals surface area contributed by atoms with Crippen LogP contribution in [0.3, 0.4) is 0 Å². The second-order valence-electron chi connectivity index (χ2n) is 6.50. The van der Waals surface area contributed by atoms with Crippen molar-refractivity contribution >= 4 is 17.1 Å². The van der Waals surface area contributed by atoms with Crippen LogP contribution in [0.15, 0.2) is 24.5 Å². The molecule has 0 unspecified atom stereocenters. The third kappa shape index (κ3) is 2.96. The highest BCUT2D eigenvalue weighted by atomic mass is 16.5. The molecule has 2 N–H and O–H groups in total. The summed E-state index contributed by atoms with van der Waals surface area (Å²) in [5, 5.41) is 7.37. The first-order valence-corrected chi connectivity index (χ1v) is 8.90. The fourth-order valence-corrected chi connectivity index (χ4v) is 3.55. The maximum atomic E-state index is 12.7. The van der Waals surface area contributed by atoms with Crippen LogP contribution in [0.25, 0.3) is 11.2 Å². The minimum absolute atomic E-state index is 0.0374. The Balaban J connectivity index is 1.48. The van der Waals surface area contributed by atoms with E-state index in [-0.39, 0.29) is 17.9 Å². The molecule has 0 bridgehead atoms. The van der Waals surface area contributed by atoms with Gasteiger partial charge in [0, 0.05) is 38.0 Å². The Labute approximate surface area is 151 Å². The van der Waals surface area contributed by atoms with Crippen LogP contribution in [-0.2, 0) is 11.3 Å². The van der Waals surface area contributed by atoms with Crippen LogP contribution in [0.4, 0.5) is 0 Å². The number of carbonyl (C=O) groups excluding carboxylic acids is 1. The monoisotopic (exact) mass is 354 g/mol. The van der Waals surface area contributed by atoms with Gasteiger partial charge in [0.05, 0.1) is 16.8 Å². The largest absolute Gasteiger partial charge is 0.372 e. The van der Waals surface area contributed by atoms with Gasteiger partial charge in [0.15, 0.2) is 5.65 Å². The summed E-state index contributed by atoms with van der Waals surface area (Å²) in [7, 11) is 0. The molecule has 136 valence electrons. The molecular formula is C18H22N6O2. The number of nitrogens with zero attached hydrogens (tertiary/aromatic N) is 4. The minimum Gasteiger partial charge on any atom is -0.372 e. The van der Waals surface area contributed by atoms with Crippen molar-refractivity contribution in [2.45, 2.75) is 32.9 Å². The van der Waals surface area contributed by atoms with Gasteiger partial charge in [-0.3, -0.25) is 9.48 Å². The first-order valence-electron chi connectivity index (χ1n) is 8.90. The molecule has 1 amide bonds. The van der Waals surface area contributed by atoms with Crippen LogP contribution in [0, 0.1) is 12.8 Å². The summed E-state index contributed by atoms with van der Waals surface area (Å²) in [6, 6.07) is 3.71. The first-order chi connectivity index (χ1) is 12.7. The molecule has 8 nitrogen and oxygen atoms in total. The van der Waals surface area contributed by atoms with Crippen molar-refractivity contribution in [3.8, 4) is 0 Å². The number of fused-ring (bicyclic) bond motifs is 1. The van der Waals surface area contributed by atoms with Crippen molar-refractivity contribution in [2.24, 2.45) is 5.92 Å². The Bertz CT molecular complexity index is 931. The molecule has 1 aliphatic rings. The Morgan fingerprint density at radius 2 is 2.31 bits per heavy atom. The van der Waals surface area contributed by atoms with Gasteiger partial charge in [-0.15, -0.1) is 0 Å². The number of pyridine rings is 1. The van der Waals surface area contributed by atoms with Gasteiger partial charge < -0.3 is 15.0 Å². The molecule has 4 heterocycles. The van der Waals surface area contributed by atoms with Crippen molar-refractivity contribution in [3.05, 3.63) is 41.6 Å². The summed E-state index contributed by atoms with van der Waals surface area (Å²) in [6.07, 6.45) is 4.28. The third-order valence-electron chi connectivity index (χ3n) is 4.83. The highest BCUT2D eigenvalue weighted by molar-refractivity contribution is 6.03. The van der Waals surface area contributed by atoms with Crippen LogP contribution >= 0.6 is 0 Å². The number of hydrogen-bond acceptors (Lipinski definition) is 5. The quantitative estimate of drug-likeness (QED) is 0.730. The highest BCUT2D eigenvalue weighted by Crippen LogP contribution is 2.34. The second kappa shape index (κ2) is 6.87. The topological polar surface area (TPSA) is 97.7 Å². The number of hydrogen-bond donors (Lipinski definition) is 2. The zero-order chi connectivity index (χ0) is 18.1. The summed E-state index contributed by atoms with van der Waals surface area (Å²) in [5.41, 5.74) is 2.86. The number of aryl methyl sites for hydroxylation is 2. The molecule has 0 saturated carbocycles. The van der Waals surface area contributed by atoms with E-state index in [1.165, 1.54) is 0 Å². The van der Waals surface area contributed by atoms with E-state index in [4.69, 9.17) is 4.74 Å². The predicted octanol–water partition coefficient (Wildman–Crippen LogP) is 1.99. The summed E-state index contributed by atoms with van der Waals surface area (Å²) >= 11 is 0. The molecule has 8 heteroatoms. The fourth-order valence-electron chi connectivity index (χ4n) is 3.55. The molecule has 2 atom stereocenters. The molecule has 3 aromatic heterocycles. The number of amides is 1. The molecule has 0 aromatic carbocycles. The van der Waals surface area contributed by atoms with Gasteiger partial charge in [-0.2, -0.15) is 5.10 Å². The van der Waals surface area contributed by atoms with Crippen LogP contribution in [0.5, 0.6) is 0 Å². The normalized spacial score (nSPS) is 19.9. The van der Waals surface area contributed by atoms with Crippen LogP contribution in [-0.4, -0.2) is 43.8 Å². The Morgan fingerprint density at radius 3 is 3.15 bits per heavy atom. The molecule has 1 fully saturated rings. The average molecular weight is 354 g/mol. The molecule has 1 aliphatic heterocycles. The van der Waals surface area contributed by atoms with Gasteiger partial charge >= 0.3 is 0 Å². The van der Waals surface area contributed by atoms with Crippen LogP contribution < -0.4 is 5.32 Å². The van der Waals surface area contributed by atoms with E-state index >= 15 is 0 Å². The second-order valence-corrected chi connectivity index (χ2v) is 6.50. The third-order valence-corrected chi connectivity index (χ3v) is 4.83. The summed E-state index contributed by atoms with van der Waals surface area (Å²) in [4.78, 5) is 24.3. The standard InChI is InChI=1S/C18H22N6O2/c1-3-24-14(5-8-21-24)16-12(6-9-26-16)10-20-18(25)13-4-7-19-17-15(13)22-11(2)23-17/h4-5,7-8,12,16H,3,6,9-10H2,1-2H3,(H,20,25)(H,19,22,23)/t12-,16+/m0/s1. The number of aromatic nitrogens is 5. The summed E-state index contributed by atoms with van der Waals surface area (Å²) in [6.45, 7) is 5.95. The van der Waals surface area contributed by atoms with Gasteiger partial charge in [0.2, 0.25) is 0 Å². The van der Waals surface area contributed by atoms with Crippen molar-refractivity contribution in [3.63, 3.8) is 0 Å². The van der Waals surface area contributed by atoms with E-state index in [1.807, 2.05) is 17.7 Å². The minimum atomic E-state index is -0.129. The highest BCUT2D eigenvalue weighted by Gasteiger charge is 2.32. The lowest BCUT2D eigenvalue weighted by Crippen LogP contribution is -2.31. The van der Waals surface area contributed by atoms with E-state index in [9.17, 15) is 4.79 Å². The predicted molar refractivity (Wildman–Crippen MR) is 95.7 cm³/mol. The van der Waals surface area contributed by atoms with Crippen LogP contribution in [0.1, 0.15) is 41.3 Å². The number of nitrogens with one attached hydrogen (secondary N) is 2. The summed E-state index contributed by atoms with van der Waals surface area (Å²) in [5.74, 6) is 0.835. The van der Waals surface area contributed by atoms with Crippen molar-refractivity contribution in [2.75, 3.05) is 13.2 Å². The SMILES string of the molecule is CCn1nccc1[C@@H]1OCC[C@H]1CNC(=O)c1ccnc2nc(C)[nH]c12. The maximum Gasteiger partial charge on any atom is 0.253 e. The van der Waals surface area contributed by atoms with Gasteiger partial charge in [-0.1, -0.05) is 0 Å². The molecular weight excluding hydrogens is 332 g/mol. The maximum absolute atomic E-state index is 12.7. The molecule has 0 radical (unpaired) electrons. The average Bonchev–Trinajstić information content (AvgIpc) is 3.36. The number of imidazole rings is 1. The molecule has 4 rings (SSSR count). The van der Waals surface area contributed by atoms with Gasteiger partial charge in [0.25, 0.3) is 5.91 Å². The number of aromatic amines is 1. The van der Waals surface area contributed by atoms with Crippen LogP contribution in [0.2, 0.25) is 0 Å². The first kappa shape index (κ1) is 16.7. The van der Waals surface area contributed by atoms with Crippen molar-refractivity contribution < 1.29 is 9.53 Å². The molecule has 3 aromatic rings. The van der Waals surface area contributed by atoms with Gasteiger partial charge in [-0.05, 0) is 32.4 Å². The number of carbonyl (C=O) groups is 1. The smallest absolute Gasteiger partial charge is 0.253 e. The number of rotatable bonds is 5. The number of H-pyrrole nitrogens is 1. The molecule has 0 aliphatic carbocycles. The molecule has 26 heavy (non-hydrogen) atoms. The summed E-state index contributed by atoms with van der Waals surface area (Å²) < 4.78 is 7.87. The zero-order valence-electron chi connectivity index (χ0n) is 14.9. The fraction of sp³-hybridized carbons (Fsp3) is 0.444. The van der Waals surface area contributed by atoms with E-state index in [1.54, 1.807) is 18.5 Å². The van der Waals surface area contributed by atoms with E-state index in [0.29, 0.717) is 29.9 Å². The van der Waals surface area contributed by atoms with E-state index < -0.39 is 0 Å². The Hall–Kier alpha value is -2.74. The Kier molecular flexibility index (Phi) is 4.42. The lowest BCUT2D eigenvalue weighted by Gasteiger charge is -2.20. The van der Waals surface area contributed by atoms with Gasteiger partial charge in [0.1, 0.15) is 11.9 Å².